The Morgan fingerprint density at radius 3 is 2.63 bits per heavy atom. The molecule has 0 aliphatic rings. The molecule has 0 unspecified atom stereocenters. The first kappa shape index (κ1) is 15.6. The normalized spacial score (nSPS) is 10.4. The summed E-state index contributed by atoms with van der Waals surface area (Å²) in [6.07, 6.45) is 0.831. The van der Waals surface area contributed by atoms with Gasteiger partial charge >= 0.3 is 0 Å². The van der Waals surface area contributed by atoms with Crippen LogP contribution in [0.5, 0.6) is 11.5 Å². The van der Waals surface area contributed by atoms with Gasteiger partial charge in [-0.25, -0.2) is 0 Å². The van der Waals surface area contributed by atoms with Gasteiger partial charge in [0.1, 0.15) is 11.5 Å². The highest BCUT2D eigenvalue weighted by molar-refractivity contribution is 5.55. The first-order valence-electron chi connectivity index (χ1n) is 6.49. The molecule has 0 aliphatic carbocycles. The summed E-state index contributed by atoms with van der Waals surface area (Å²) in [6, 6.07) is 5.43. The maximum atomic E-state index is 5.79. The zero-order chi connectivity index (χ0) is 13.9. The van der Waals surface area contributed by atoms with Gasteiger partial charge in [0, 0.05) is 26.2 Å². The third kappa shape index (κ3) is 6.31. The number of methoxy groups -OCH3 is 1. The van der Waals surface area contributed by atoms with Gasteiger partial charge in [-0.15, -0.1) is 0 Å². The Morgan fingerprint density at radius 2 is 1.89 bits per heavy atom. The minimum absolute atomic E-state index is 0.584. The van der Waals surface area contributed by atoms with Crippen molar-refractivity contribution >= 4 is 5.69 Å². The summed E-state index contributed by atoms with van der Waals surface area (Å²) in [5.41, 5.74) is 6.41. The fourth-order valence-corrected chi connectivity index (χ4v) is 1.48. The Morgan fingerprint density at radius 1 is 1.05 bits per heavy atom. The van der Waals surface area contributed by atoms with Gasteiger partial charge < -0.3 is 24.7 Å². The predicted molar refractivity (Wildman–Crippen MR) is 74.8 cm³/mol. The lowest BCUT2D eigenvalue weighted by Gasteiger charge is -2.10. The number of nitrogens with two attached hydrogens (primary N) is 1. The van der Waals surface area contributed by atoms with E-state index >= 15 is 0 Å². The summed E-state index contributed by atoms with van der Waals surface area (Å²) in [6.45, 7) is 5.01. The van der Waals surface area contributed by atoms with Gasteiger partial charge in [-0.05, 0) is 19.1 Å². The molecule has 5 nitrogen and oxygen atoms in total. The third-order valence-corrected chi connectivity index (χ3v) is 2.42. The topological polar surface area (TPSA) is 62.9 Å². The Bertz CT molecular complexity index is 357. The molecule has 5 heteroatoms. The van der Waals surface area contributed by atoms with Crippen molar-refractivity contribution in [3.05, 3.63) is 18.2 Å². The molecular formula is C14H23NO4. The second kappa shape index (κ2) is 9.47. The largest absolute Gasteiger partial charge is 0.493 e. The van der Waals surface area contributed by atoms with Crippen LogP contribution in [0.15, 0.2) is 18.2 Å². The van der Waals surface area contributed by atoms with E-state index in [1.54, 1.807) is 13.2 Å². The average Bonchev–Trinajstić information content (AvgIpc) is 2.41. The van der Waals surface area contributed by atoms with Crippen molar-refractivity contribution < 1.29 is 18.9 Å². The molecule has 0 saturated heterocycles. The van der Waals surface area contributed by atoms with Crippen molar-refractivity contribution in [2.75, 3.05) is 45.9 Å². The molecular weight excluding hydrogens is 246 g/mol. The molecule has 0 atom stereocenters. The summed E-state index contributed by atoms with van der Waals surface area (Å²) in [4.78, 5) is 0. The van der Waals surface area contributed by atoms with Crippen LogP contribution in [0.1, 0.15) is 13.3 Å². The lowest BCUT2D eigenvalue weighted by Crippen LogP contribution is -2.07. The monoisotopic (exact) mass is 269 g/mol. The van der Waals surface area contributed by atoms with E-state index in [4.69, 9.17) is 24.7 Å². The molecule has 0 bridgehead atoms. The minimum Gasteiger partial charge on any atom is -0.493 e. The first-order valence-corrected chi connectivity index (χ1v) is 6.49. The van der Waals surface area contributed by atoms with Crippen molar-refractivity contribution in [1.29, 1.82) is 0 Å². The van der Waals surface area contributed by atoms with Gasteiger partial charge in [0.15, 0.2) is 0 Å². The van der Waals surface area contributed by atoms with Gasteiger partial charge in [-0.2, -0.15) is 0 Å². The summed E-state index contributed by atoms with van der Waals surface area (Å²) in [7, 11) is 1.66. The second-order valence-electron chi connectivity index (χ2n) is 3.94. The molecule has 1 rings (SSSR count). The van der Waals surface area contributed by atoms with Crippen LogP contribution in [0.2, 0.25) is 0 Å². The molecule has 0 amide bonds. The highest BCUT2D eigenvalue weighted by atomic mass is 16.5. The Kier molecular flexibility index (Phi) is 7.77. The zero-order valence-electron chi connectivity index (χ0n) is 11.7. The fourth-order valence-electron chi connectivity index (χ4n) is 1.48. The van der Waals surface area contributed by atoms with Crippen LogP contribution in [0, 0.1) is 0 Å². The van der Waals surface area contributed by atoms with E-state index in [1.807, 2.05) is 19.1 Å². The lowest BCUT2D eigenvalue weighted by atomic mass is 10.3. The van der Waals surface area contributed by atoms with Crippen LogP contribution in [0.4, 0.5) is 5.69 Å². The molecule has 0 heterocycles. The number of hydrogen-bond acceptors (Lipinski definition) is 5. The van der Waals surface area contributed by atoms with Gasteiger partial charge in [0.25, 0.3) is 0 Å². The van der Waals surface area contributed by atoms with Crippen LogP contribution in [-0.2, 0) is 9.47 Å². The number of nitrogen functional groups attached to an aromatic ring is 1. The number of hydrogen-bond donors (Lipinski definition) is 1. The maximum Gasteiger partial charge on any atom is 0.145 e. The summed E-state index contributed by atoms with van der Waals surface area (Å²) >= 11 is 0. The summed E-state index contributed by atoms with van der Waals surface area (Å²) < 4.78 is 21.2. The van der Waals surface area contributed by atoms with E-state index in [-0.39, 0.29) is 0 Å². The maximum absolute atomic E-state index is 5.79. The molecule has 1 aromatic carbocycles. The van der Waals surface area contributed by atoms with Crippen molar-refractivity contribution in [2.45, 2.75) is 13.3 Å². The van der Waals surface area contributed by atoms with Crippen molar-refractivity contribution in [1.82, 2.24) is 0 Å². The Hall–Kier alpha value is -1.46. The van der Waals surface area contributed by atoms with Gasteiger partial charge in [0.05, 0.1) is 32.1 Å². The summed E-state index contributed by atoms with van der Waals surface area (Å²) in [5, 5.41) is 0. The van der Waals surface area contributed by atoms with E-state index < -0.39 is 0 Å². The SMILES string of the molecule is CCOc1cc(OCCCOCCOC)ccc1N. The van der Waals surface area contributed by atoms with Crippen LogP contribution in [0.25, 0.3) is 0 Å². The first-order chi connectivity index (χ1) is 9.27. The fraction of sp³-hybridized carbons (Fsp3) is 0.571. The highest BCUT2D eigenvalue weighted by Crippen LogP contribution is 2.26. The number of ether oxygens (including phenoxy) is 4. The van der Waals surface area contributed by atoms with Crippen LogP contribution >= 0.6 is 0 Å². The summed E-state index contributed by atoms with van der Waals surface area (Å²) in [5.74, 6) is 1.42. The number of rotatable bonds is 10. The molecule has 1 aromatic rings. The second-order valence-corrected chi connectivity index (χ2v) is 3.94. The van der Waals surface area contributed by atoms with Crippen molar-refractivity contribution in [3.8, 4) is 11.5 Å². The molecule has 0 spiro atoms. The number of benzene rings is 1. The zero-order valence-corrected chi connectivity index (χ0v) is 11.7. The standard InChI is InChI=1S/C14H23NO4/c1-3-18-14-11-12(5-6-13(14)15)19-8-4-7-17-10-9-16-2/h5-6,11H,3-4,7-10,15H2,1-2H3. The van der Waals surface area contributed by atoms with E-state index in [1.165, 1.54) is 0 Å². The van der Waals surface area contributed by atoms with Crippen LogP contribution < -0.4 is 15.2 Å². The van der Waals surface area contributed by atoms with E-state index in [9.17, 15) is 0 Å². The number of anilines is 1. The lowest BCUT2D eigenvalue weighted by molar-refractivity contribution is 0.0644. The van der Waals surface area contributed by atoms with Gasteiger partial charge in [-0.3, -0.25) is 0 Å². The van der Waals surface area contributed by atoms with Crippen LogP contribution in [0.3, 0.4) is 0 Å². The van der Waals surface area contributed by atoms with Gasteiger partial charge in [0.2, 0.25) is 0 Å². The molecule has 2 N–H and O–H groups in total. The Balaban J connectivity index is 2.23. The molecule has 0 radical (unpaired) electrons. The van der Waals surface area contributed by atoms with E-state index in [0.717, 1.165) is 12.2 Å². The average molecular weight is 269 g/mol. The van der Waals surface area contributed by atoms with Crippen molar-refractivity contribution in [2.24, 2.45) is 0 Å². The molecule has 19 heavy (non-hydrogen) atoms. The van der Waals surface area contributed by atoms with Crippen molar-refractivity contribution in [3.63, 3.8) is 0 Å². The van der Waals surface area contributed by atoms with E-state index in [2.05, 4.69) is 0 Å². The molecule has 108 valence electrons. The molecule has 0 saturated carbocycles. The van der Waals surface area contributed by atoms with Crippen LogP contribution in [-0.4, -0.2) is 40.1 Å². The molecule has 0 fully saturated rings. The molecule has 0 aromatic heterocycles. The smallest absolute Gasteiger partial charge is 0.145 e. The van der Waals surface area contributed by atoms with E-state index in [0.29, 0.717) is 44.5 Å². The predicted octanol–water partition coefficient (Wildman–Crippen LogP) is 2.10. The quantitative estimate of drug-likeness (QED) is 0.520. The minimum atomic E-state index is 0.584. The molecule has 0 aliphatic heterocycles. The highest BCUT2D eigenvalue weighted by Gasteiger charge is 2.02. The Labute approximate surface area is 114 Å². The van der Waals surface area contributed by atoms with Gasteiger partial charge in [-0.1, -0.05) is 0 Å². The third-order valence-electron chi connectivity index (χ3n) is 2.42.